The van der Waals surface area contributed by atoms with Crippen molar-refractivity contribution < 1.29 is 4.74 Å². The Morgan fingerprint density at radius 2 is 2.18 bits per heavy atom. The molecule has 5 nitrogen and oxygen atoms in total. The van der Waals surface area contributed by atoms with Crippen LogP contribution in [0.25, 0.3) is 0 Å². The molecule has 1 aromatic rings. The van der Waals surface area contributed by atoms with E-state index in [0.717, 1.165) is 24.3 Å². The first kappa shape index (κ1) is 11.8. The van der Waals surface area contributed by atoms with Crippen LogP contribution >= 0.6 is 0 Å². The van der Waals surface area contributed by atoms with Gasteiger partial charge in [0.15, 0.2) is 5.82 Å². The molecule has 2 rings (SSSR count). The van der Waals surface area contributed by atoms with Gasteiger partial charge in [-0.3, -0.25) is 0 Å². The minimum absolute atomic E-state index is 0.290. The highest BCUT2D eigenvalue weighted by atomic mass is 16.5. The van der Waals surface area contributed by atoms with Gasteiger partial charge in [-0.1, -0.05) is 0 Å². The molecule has 1 aromatic heterocycles. The summed E-state index contributed by atoms with van der Waals surface area (Å²) in [5, 5.41) is 17.5. The number of nitriles is 1. The summed E-state index contributed by atoms with van der Waals surface area (Å²) in [6, 6.07) is 2.51. The second-order valence-corrected chi connectivity index (χ2v) is 4.35. The molecule has 17 heavy (non-hydrogen) atoms. The Kier molecular flexibility index (Phi) is 3.25. The molecule has 1 fully saturated rings. The van der Waals surface area contributed by atoms with Crippen LogP contribution in [0.15, 0.2) is 0 Å². The summed E-state index contributed by atoms with van der Waals surface area (Å²) >= 11 is 0. The third-order valence-electron chi connectivity index (χ3n) is 3.34. The highest BCUT2D eigenvalue weighted by molar-refractivity contribution is 5.57. The third-order valence-corrected chi connectivity index (χ3v) is 3.34. The van der Waals surface area contributed by atoms with E-state index in [1.165, 1.54) is 0 Å². The molecular formula is C12H16N4O. The molecule has 0 saturated carbocycles. The second kappa shape index (κ2) is 4.68. The molecule has 1 unspecified atom stereocenters. The number of rotatable bonds is 2. The number of ether oxygens (including phenoxy) is 1. The lowest BCUT2D eigenvalue weighted by molar-refractivity contribution is 0.193. The molecule has 0 spiro atoms. The van der Waals surface area contributed by atoms with Gasteiger partial charge < -0.3 is 9.64 Å². The summed E-state index contributed by atoms with van der Waals surface area (Å²) in [5.41, 5.74) is 2.33. The highest BCUT2D eigenvalue weighted by Gasteiger charge is 2.24. The molecule has 0 bridgehead atoms. The van der Waals surface area contributed by atoms with Gasteiger partial charge in [0.2, 0.25) is 0 Å². The van der Waals surface area contributed by atoms with E-state index >= 15 is 0 Å². The maximum Gasteiger partial charge on any atom is 0.169 e. The van der Waals surface area contributed by atoms with Gasteiger partial charge in [-0.25, -0.2) is 0 Å². The zero-order valence-corrected chi connectivity index (χ0v) is 10.4. The van der Waals surface area contributed by atoms with Gasteiger partial charge in [-0.2, -0.15) is 10.4 Å². The fourth-order valence-electron chi connectivity index (χ4n) is 1.98. The van der Waals surface area contributed by atoms with Crippen molar-refractivity contribution in [1.82, 2.24) is 10.2 Å². The predicted molar refractivity (Wildman–Crippen MR) is 63.8 cm³/mol. The van der Waals surface area contributed by atoms with Crippen LogP contribution in [0.4, 0.5) is 5.82 Å². The SMILES string of the molecule is Cc1nnc(N(C)C2CCOC2)c(C#N)c1C. The molecule has 0 radical (unpaired) electrons. The normalized spacial score (nSPS) is 19.1. The van der Waals surface area contributed by atoms with Gasteiger partial charge in [0.25, 0.3) is 0 Å². The smallest absolute Gasteiger partial charge is 0.169 e. The van der Waals surface area contributed by atoms with Crippen molar-refractivity contribution in [2.24, 2.45) is 0 Å². The van der Waals surface area contributed by atoms with Gasteiger partial charge in [0, 0.05) is 13.7 Å². The Morgan fingerprint density at radius 1 is 1.41 bits per heavy atom. The fourth-order valence-corrected chi connectivity index (χ4v) is 1.98. The number of aromatic nitrogens is 2. The molecule has 2 heterocycles. The monoisotopic (exact) mass is 232 g/mol. The van der Waals surface area contributed by atoms with Crippen molar-refractivity contribution in [1.29, 1.82) is 5.26 Å². The quantitative estimate of drug-likeness (QED) is 0.766. The molecule has 0 aromatic carbocycles. The van der Waals surface area contributed by atoms with E-state index in [4.69, 9.17) is 4.74 Å². The van der Waals surface area contributed by atoms with Crippen LogP contribution in [0.5, 0.6) is 0 Å². The molecule has 0 amide bonds. The van der Waals surface area contributed by atoms with Crippen LogP contribution in [0.3, 0.4) is 0 Å². The Balaban J connectivity index is 2.38. The van der Waals surface area contributed by atoms with E-state index in [9.17, 15) is 5.26 Å². The number of likely N-dealkylation sites (N-methyl/N-ethyl adjacent to an activating group) is 1. The minimum Gasteiger partial charge on any atom is -0.379 e. The molecular weight excluding hydrogens is 216 g/mol. The van der Waals surface area contributed by atoms with Gasteiger partial charge in [0.1, 0.15) is 11.6 Å². The van der Waals surface area contributed by atoms with E-state index in [-0.39, 0.29) is 0 Å². The predicted octanol–water partition coefficient (Wildman–Crippen LogP) is 1.19. The van der Waals surface area contributed by atoms with Crippen molar-refractivity contribution in [2.75, 3.05) is 25.2 Å². The van der Waals surface area contributed by atoms with Crippen LogP contribution in [0.1, 0.15) is 23.2 Å². The minimum atomic E-state index is 0.290. The summed E-state index contributed by atoms with van der Waals surface area (Å²) < 4.78 is 5.35. The van der Waals surface area contributed by atoms with Crippen molar-refractivity contribution in [3.63, 3.8) is 0 Å². The number of nitrogens with zero attached hydrogens (tertiary/aromatic N) is 4. The van der Waals surface area contributed by atoms with E-state index in [1.807, 2.05) is 25.8 Å². The summed E-state index contributed by atoms with van der Waals surface area (Å²) in [6.45, 7) is 5.24. The molecule has 1 aliphatic heterocycles. The fraction of sp³-hybridized carbons (Fsp3) is 0.583. The standard InChI is InChI=1S/C12H16N4O/c1-8-9(2)14-15-12(11(8)6-13)16(3)10-4-5-17-7-10/h10H,4-5,7H2,1-3H3. The highest BCUT2D eigenvalue weighted by Crippen LogP contribution is 2.24. The number of hydrogen-bond acceptors (Lipinski definition) is 5. The first-order valence-corrected chi connectivity index (χ1v) is 5.69. The van der Waals surface area contributed by atoms with Gasteiger partial charge in [-0.15, -0.1) is 5.10 Å². The van der Waals surface area contributed by atoms with E-state index in [1.54, 1.807) is 0 Å². The molecule has 0 N–H and O–H groups in total. The van der Waals surface area contributed by atoms with Gasteiger partial charge >= 0.3 is 0 Å². The molecule has 5 heteroatoms. The lowest BCUT2D eigenvalue weighted by atomic mass is 10.1. The topological polar surface area (TPSA) is 62.0 Å². The maximum atomic E-state index is 9.24. The number of anilines is 1. The second-order valence-electron chi connectivity index (χ2n) is 4.35. The Bertz CT molecular complexity index is 460. The lowest BCUT2D eigenvalue weighted by Crippen LogP contribution is -2.33. The first-order chi connectivity index (χ1) is 8.15. The van der Waals surface area contributed by atoms with Crippen LogP contribution in [-0.4, -0.2) is 36.5 Å². The Labute approximate surface area is 101 Å². The summed E-state index contributed by atoms with van der Waals surface area (Å²) in [4.78, 5) is 2.00. The van der Waals surface area contributed by atoms with E-state index in [0.29, 0.717) is 24.0 Å². The molecule has 90 valence electrons. The van der Waals surface area contributed by atoms with Gasteiger partial charge in [-0.05, 0) is 25.8 Å². The first-order valence-electron chi connectivity index (χ1n) is 5.69. The average Bonchev–Trinajstić information content (AvgIpc) is 2.85. The van der Waals surface area contributed by atoms with Crippen molar-refractivity contribution >= 4 is 5.82 Å². The molecule has 0 aliphatic carbocycles. The van der Waals surface area contributed by atoms with E-state index in [2.05, 4.69) is 16.3 Å². The Hall–Kier alpha value is -1.67. The summed E-state index contributed by atoms with van der Waals surface area (Å²) in [5.74, 6) is 0.658. The maximum absolute atomic E-state index is 9.24. The molecule has 1 saturated heterocycles. The zero-order valence-electron chi connectivity index (χ0n) is 10.4. The van der Waals surface area contributed by atoms with Crippen molar-refractivity contribution in [3.8, 4) is 6.07 Å². The van der Waals surface area contributed by atoms with Gasteiger partial charge in [0.05, 0.1) is 18.3 Å². The molecule has 1 atom stereocenters. The van der Waals surface area contributed by atoms with Crippen LogP contribution in [0, 0.1) is 25.2 Å². The van der Waals surface area contributed by atoms with Crippen molar-refractivity contribution in [2.45, 2.75) is 26.3 Å². The lowest BCUT2D eigenvalue weighted by Gasteiger charge is -2.25. The zero-order chi connectivity index (χ0) is 12.4. The average molecular weight is 232 g/mol. The third kappa shape index (κ3) is 2.08. The number of hydrogen-bond donors (Lipinski definition) is 0. The largest absolute Gasteiger partial charge is 0.379 e. The Morgan fingerprint density at radius 3 is 2.76 bits per heavy atom. The van der Waals surface area contributed by atoms with Crippen LogP contribution < -0.4 is 4.90 Å². The van der Waals surface area contributed by atoms with E-state index < -0.39 is 0 Å². The van der Waals surface area contributed by atoms with Crippen LogP contribution in [-0.2, 0) is 4.74 Å². The summed E-state index contributed by atoms with van der Waals surface area (Å²) in [7, 11) is 1.94. The van der Waals surface area contributed by atoms with Crippen LogP contribution in [0.2, 0.25) is 0 Å². The molecule has 1 aliphatic rings. The number of aryl methyl sites for hydroxylation is 1. The van der Waals surface area contributed by atoms with Crippen molar-refractivity contribution in [3.05, 3.63) is 16.8 Å². The summed E-state index contributed by atoms with van der Waals surface area (Å²) in [6.07, 6.45) is 0.968.